The average molecular weight is 405 g/mol. The number of hydrogen-bond donors (Lipinski definition) is 7. The fourth-order valence-corrected chi connectivity index (χ4v) is 2.06. The van der Waals surface area contributed by atoms with E-state index in [0.29, 0.717) is 22.5 Å². The van der Waals surface area contributed by atoms with Gasteiger partial charge in [0.05, 0.1) is 11.5 Å². The van der Waals surface area contributed by atoms with Crippen LogP contribution in [0, 0.1) is 19.3 Å². The molecule has 2 amide bonds. The van der Waals surface area contributed by atoms with Gasteiger partial charge in [0.2, 0.25) is 0 Å². The number of amides is 2. The van der Waals surface area contributed by atoms with E-state index in [-0.39, 0.29) is 61.0 Å². The van der Waals surface area contributed by atoms with Crippen LogP contribution >= 0.6 is 24.8 Å². The number of nitrogen functional groups attached to an aromatic ring is 1. The van der Waals surface area contributed by atoms with E-state index in [2.05, 4.69) is 25.8 Å². The number of aromatic amines is 2. The Morgan fingerprint density at radius 2 is 1.85 bits per heavy atom. The molecule has 144 valence electrons. The van der Waals surface area contributed by atoms with Crippen LogP contribution in [0.15, 0.2) is 6.20 Å². The van der Waals surface area contributed by atoms with Crippen molar-refractivity contribution in [2.24, 2.45) is 5.73 Å². The first kappa shape index (κ1) is 23.3. The summed E-state index contributed by atoms with van der Waals surface area (Å²) in [6.07, 6.45) is 1.80. The molecule has 9 N–H and O–H groups in total. The maximum atomic E-state index is 12.2. The van der Waals surface area contributed by atoms with E-state index in [0.717, 1.165) is 0 Å². The predicted molar refractivity (Wildman–Crippen MR) is 105 cm³/mol. The Morgan fingerprint density at radius 1 is 1.19 bits per heavy atom. The first-order valence-corrected chi connectivity index (χ1v) is 7.22. The Morgan fingerprint density at radius 3 is 2.38 bits per heavy atom. The number of nitrogens with zero attached hydrogens (tertiary/aromatic N) is 1. The van der Waals surface area contributed by atoms with Gasteiger partial charge in [-0.2, -0.15) is 5.10 Å². The van der Waals surface area contributed by atoms with E-state index in [1.54, 1.807) is 13.8 Å². The van der Waals surface area contributed by atoms with Gasteiger partial charge in [-0.25, -0.2) is 0 Å². The highest BCUT2D eigenvalue weighted by molar-refractivity contribution is 6.05. The van der Waals surface area contributed by atoms with Crippen molar-refractivity contribution >= 4 is 54.0 Å². The summed E-state index contributed by atoms with van der Waals surface area (Å²) in [4.78, 5) is 27.1. The van der Waals surface area contributed by atoms with Crippen molar-refractivity contribution in [3.63, 3.8) is 0 Å². The number of anilines is 2. The number of carbonyl (C=O) groups is 2. The van der Waals surface area contributed by atoms with Crippen LogP contribution in [-0.4, -0.2) is 39.4 Å². The van der Waals surface area contributed by atoms with Gasteiger partial charge < -0.3 is 27.1 Å². The van der Waals surface area contributed by atoms with Crippen molar-refractivity contribution in [1.82, 2.24) is 20.5 Å². The fourth-order valence-electron chi connectivity index (χ4n) is 2.06. The molecule has 0 unspecified atom stereocenters. The largest absolute Gasteiger partial charge is 0.397 e. The molecular weight excluding hydrogens is 383 g/mol. The molecule has 0 saturated carbocycles. The van der Waals surface area contributed by atoms with E-state index in [1.165, 1.54) is 6.20 Å². The third kappa shape index (κ3) is 5.14. The quantitative estimate of drug-likeness (QED) is 0.280. The second-order valence-electron chi connectivity index (χ2n) is 5.30. The van der Waals surface area contributed by atoms with Crippen LogP contribution in [0.3, 0.4) is 0 Å². The Bertz CT molecular complexity index is 799. The van der Waals surface area contributed by atoms with Crippen LogP contribution in [-0.2, 0) is 0 Å². The minimum atomic E-state index is -0.401. The zero-order chi connectivity index (χ0) is 17.9. The van der Waals surface area contributed by atoms with Crippen molar-refractivity contribution in [1.29, 1.82) is 5.41 Å². The third-order valence-electron chi connectivity index (χ3n) is 3.56. The number of amidine groups is 1. The second kappa shape index (κ2) is 9.68. The number of nitrogens with two attached hydrogens (primary N) is 2. The molecule has 12 heteroatoms. The van der Waals surface area contributed by atoms with E-state index in [9.17, 15) is 9.59 Å². The summed E-state index contributed by atoms with van der Waals surface area (Å²) in [5.74, 6) is -0.543. The zero-order valence-electron chi connectivity index (χ0n) is 14.2. The van der Waals surface area contributed by atoms with Crippen molar-refractivity contribution < 1.29 is 9.59 Å². The second-order valence-corrected chi connectivity index (χ2v) is 5.30. The molecule has 0 radical (unpaired) electrons. The lowest BCUT2D eigenvalue weighted by Gasteiger charge is -2.05. The van der Waals surface area contributed by atoms with Crippen molar-refractivity contribution in [2.75, 3.05) is 17.6 Å². The normalized spacial score (nSPS) is 9.62. The summed E-state index contributed by atoms with van der Waals surface area (Å²) < 4.78 is 0. The van der Waals surface area contributed by atoms with Gasteiger partial charge in [-0.05, 0) is 13.8 Å². The number of halogens is 2. The molecule has 2 aromatic rings. The highest BCUT2D eigenvalue weighted by atomic mass is 35.5. The van der Waals surface area contributed by atoms with E-state index in [1.807, 2.05) is 0 Å². The highest BCUT2D eigenvalue weighted by Gasteiger charge is 2.19. The third-order valence-corrected chi connectivity index (χ3v) is 3.56. The molecule has 2 heterocycles. The van der Waals surface area contributed by atoms with Crippen LogP contribution in [0.2, 0.25) is 0 Å². The van der Waals surface area contributed by atoms with Gasteiger partial charge in [-0.1, -0.05) is 0 Å². The van der Waals surface area contributed by atoms with Gasteiger partial charge in [-0.3, -0.25) is 20.1 Å². The number of carbonyl (C=O) groups excluding carboxylic acids is 2. The van der Waals surface area contributed by atoms with E-state index < -0.39 is 5.91 Å². The SMILES string of the molecule is Cc1c(N)c[nH]c1C(=O)Nc1n[nH]c(C(=O)NCCC(=N)N)c1C.Cl.Cl. The smallest absolute Gasteiger partial charge is 0.273 e. The molecule has 10 nitrogen and oxygen atoms in total. The molecule has 0 aliphatic carbocycles. The predicted octanol–water partition coefficient (Wildman–Crippen LogP) is 1.09. The van der Waals surface area contributed by atoms with Gasteiger partial charge in [0.25, 0.3) is 11.8 Å². The van der Waals surface area contributed by atoms with Gasteiger partial charge in [-0.15, -0.1) is 24.8 Å². The molecule has 26 heavy (non-hydrogen) atoms. The lowest BCUT2D eigenvalue weighted by molar-refractivity contribution is 0.0948. The number of H-pyrrole nitrogens is 2. The summed E-state index contributed by atoms with van der Waals surface area (Å²) in [6.45, 7) is 3.64. The topological polar surface area (TPSA) is 179 Å². The Kier molecular flexibility index (Phi) is 8.67. The molecular formula is C14H22Cl2N8O2. The lowest BCUT2D eigenvalue weighted by atomic mass is 10.2. The van der Waals surface area contributed by atoms with Crippen LogP contribution in [0.25, 0.3) is 0 Å². The van der Waals surface area contributed by atoms with Gasteiger partial charge >= 0.3 is 0 Å². The van der Waals surface area contributed by atoms with Crippen molar-refractivity contribution in [3.05, 3.63) is 28.7 Å². The van der Waals surface area contributed by atoms with Crippen LogP contribution in [0.4, 0.5) is 11.5 Å². The summed E-state index contributed by atoms with van der Waals surface area (Å²) in [5, 5.41) is 18.9. The van der Waals surface area contributed by atoms with E-state index in [4.69, 9.17) is 16.9 Å². The van der Waals surface area contributed by atoms with Crippen LogP contribution < -0.4 is 22.1 Å². The number of nitrogens with one attached hydrogen (secondary N) is 5. The van der Waals surface area contributed by atoms with E-state index >= 15 is 0 Å². The van der Waals surface area contributed by atoms with Gasteiger partial charge in [0.15, 0.2) is 5.82 Å². The molecule has 0 spiro atoms. The van der Waals surface area contributed by atoms with Gasteiger partial charge in [0.1, 0.15) is 11.4 Å². The minimum Gasteiger partial charge on any atom is -0.397 e. The molecule has 0 aromatic carbocycles. The molecule has 0 fully saturated rings. The van der Waals surface area contributed by atoms with Crippen molar-refractivity contribution in [2.45, 2.75) is 20.3 Å². The lowest BCUT2D eigenvalue weighted by Crippen LogP contribution is -2.28. The molecule has 0 aliphatic heterocycles. The molecule has 0 atom stereocenters. The van der Waals surface area contributed by atoms with Crippen LogP contribution in [0.1, 0.15) is 38.5 Å². The minimum absolute atomic E-state index is 0. The zero-order valence-corrected chi connectivity index (χ0v) is 15.9. The molecule has 2 rings (SSSR count). The first-order chi connectivity index (χ1) is 11.3. The van der Waals surface area contributed by atoms with Crippen molar-refractivity contribution in [3.8, 4) is 0 Å². The highest BCUT2D eigenvalue weighted by Crippen LogP contribution is 2.19. The standard InChI is InChI=1S/C14H20N8O2.2ClH/c1-6-8(15)5-19-10(6)14(24)20-12-7(2)11(21-22-12)13(23)18-4-3-9(16)17;;/h5,19H,3-4,15H2,1-2H3,(H3,16,17)(H,18,23)(H2,20,21,22,24);2*1H. The van der Waals surface area contributed by atoms with Crippen LogP contribution in [0.5, 0.6) is 0 Å². The number of rotatable bonds is 6. The number of hydrogen-bond acceptors (Lipinski definition) is 5. The Labute approximate surface area is 162 Å². The first-order valence-electron chi connectivity index (χ1n) is 7.22. The summed E-state index contributed by atoms with van der Waals surface area (Å²) in [6, 6.07) is 0. The Hall–Kier alpha value is -2.72. The monoisotopic (exact) mass is 404 g/mol. The fraction of sp³-hybridized carbons (Fsp3) is 0.286. The molecule has 0 bridgehead atoms. The molecule has 0 aliphatic rings. The maximum Gasteiger partial charge on any atom is 0.273 e. The molecule has 0 saturated heterocycles. The summed E-state index contributed by atoms with van der Waals surface area (Å²) in [7, 11) is 0. The average Bonchev–Trinajstić information content (AvgIpc) is 3.03. The summed E-state index contributed by atoms with van der Waals surface area (Å²) in [5.41, 5.74) is 13.1. The maximum absolute atomic E-state index is 12.2. The summed E-state index contributed by atoms with van der Waals surface area (Å²) >= 11 is 0. The number of aromatic nitrogens is 3. The Balaban J connectivity index is 0.00000312. The molecule has 2 aromatic heterocycles. The van der Waals surface area contributed by atoms with Gasteiger partial charge in [0, 0.05) is 30.3 Å².